The molecule has 0 aliphatic carbocycles. The minimum absolute atomic E-state index is 0.0432. The van der Waals surface area contributed by atoms with Crippen LogP contribution in [0, 0.1) is 5.92 Å². The standard InChI is InChI=1S/C18H24N2O3/c1-5-10-20(18(21)13(2)3)12-16-11-17(19-23-16)14-6-8-15(22-4)9-7-14/h5-9,13,16H,1,10-12H2,2-4H3/t16-/m1/s1. The van der Waals surface area contributed by atoms with Crippen LogP contribution in [0.1, 0.15) is 25.8 Å². The third-order valence-electron chi connectivity index (χ3n) is 3.74. The number of hydrogen-bond acceptors (Lipinski definition) is 4. The Labute approximate surface area is 137 Å². The second-order valence-electron chi connectivity index (χ2n) is 5.88. The van der Waals surface area contributed by atoms with E-state index in [1.54, 1.807) is 18.1 Å². The lowest BCUT2D eigenvalue weighted by Gasteiger charge is -2.25. The summed E-state index contributed by atoms with van der Waals surface area (Å²) in [4.78, 5) is 19.5. The number of ether oxygens (including phenoxy) is 1. The maximum atomic E-state index is 12.2. The van der Waals surface area contributed by atoms with Crippen molar-refractivity contribution >= 4 is 11.6 Å². The molecule has 0 radical (unpaired) electrons. The van der Waals surface area contributed by atoms with Crippen molar-refractivity contribution in [2.45, 2.75) is 26.4 Å². The summed E-state index contributed by atoms with van der Waals surface area (Å²) in [6, 6.07) is 7.73. The van der Waals surface area contributed by atoms with E-state index in [4.69, 9.17) is 9.57 Å². The van der Waals surface area contributed by atoms with Crippen LogP contribution >= 0.6 is 0 Å². The Hall–Kier alpha value is -2.30. The summed E-state index contributed by atoms with van der Waals surface area (Å²) in [5.41, 5.74) is 1.91. The Bertz CT molecular complexity index is 578. The third kappa shape index (κ3) is 4.34. The molecule has 1 aromatic rings. The smallest absolute Gasteiger partial charge is 0.225 e. The highest BCUT2D eigenvalue weighted by molar-refractivity contribution is 6.01. The first-order valence-electron chi connectivity index (χ1n) is 7.82. The Morgan fingerprint density at radius 3 is 2.74 bits per heavy atom. The molecule has 0 fully saturated rings. The van der Waals surface area contributed by atoms with Gasteiger partial charge in [-0.3, -0.25) is 4.79 Å². The van der Waals surface area contributed by atoms with Crippen LogP contribution in [0.15, 0.2) is 42.1 Å². The Kier molecular flexibility index (Phi) is 5.79. The number of carbonyl (C=O) groups is 1. The molecule has 124 valence electrons. The molecule has 23 heavy (non-hydrogen) atoms. The second kappa shape index (κ2) is 7.81. The summed E-state index contributed by atoms with van der Waals surface area (Å²) in [5, 5.41) is 4.17. The van der Waals surface area contributed by atoms with Crippen molar-refractivity contribution in [2.75, 3.05) is 20.2 Å². The zero-order valence-electron chi connectivity index (χ0n) is 14.0. The summed E-state index contributed by atoms with van der Waals surface area (Å²) < 4.78 is 5.16. The van der Waals surface area contributed by atoms with Gasteiger partial charge in [-0.1, -0.05) is 25.1 Å². The van der Waals surface area contributed by atoms with Gasteiger partial charge in [0.05, 0.1) is 19.4 Å². The van der Waals surface area contributed by atoms with Gasteiger partial charge in [0.1, 0.15) is 5.75 Å². The maximum Gasteiger partial charge on any atom is 0.225 e. The molecule has 0 aromatic heterocycles. The monoisotopic (exact) mass is 316 g/mol. The second-order valence-corrected chi connectivity index (χ2v) is 5.88. The average molecular weight is 316 g/mol. The number of oxime groups is 1. The highest BCUT2D eigenvalue weighted by Gasteiger charge is 2.27. The molecule has 0 saturated carbocycles. The van der Waals surface area contributed by atoms with Crippen LogP contribution < -0.4 is 4.74 Å². The zero-order chi connectivity index (χ0) is 16.8. The molecule has 2 rings (SSSR count). The fourth-order valence-electron chi connectivity index (χ4n) is 2.50. The average Bonchev–Trinajstić information content (AvgIpc) is 3.02. The Balaban J connectivity index is 1.97. The van der Waals surface area contributed by atoms with Gasteiger partial charge in [-0.05, 0) is 29.8 Å². The van der Waals surface area contributed by atoms with Crippen LogP contribution in [-0.4, -0.2) is 42.8 Å². The van der Waals surface area contributed by atoms with Crippen molar-refractivity contribution < 1.29 is 14.4 Å². The lowest BCUT2D eigenvalue weighted by atomic mass is 10.0. The summed E-state index contributed by atoms with van der Waals surface area (Å²) in [5.74, 6) is 0.870. The molecule has 0 spiro atoms. The first-order valence-corrected chi connectivity index (χ1v) is 7.82. The molecule has 1 aromatic carbocycles. The van der Waals surface area contributed by atoms with Crippen LogP contribution in [0.2, 0.25) is 0 Å². The van der Waals surface area contributed by atoms with Crippen molar-refractivity contribution in [3.63, 3.8) is 0 Å². The quantitative estimate of drug-likeness (QED) is 0.727. The van der Waals surface area contributed by atoms with E-state index in [0.717, 1.165) is 17.0 Å². The van der Waals surface area contributed by atoms with Gasteiger partial charge in [0.15, 0.2) is 6.10 Å². The molecule has 1 atom stereocenters. The topological polar surface area (TPSA) is 51.1 Å². The van der Waals surface area contributed by atoms with E-state index < -0.39 is 0 Å². The van der Waals surface area contributed by atoms with Crippen molar-refractivity contribution in [1.82, 2.24) is 4.90 Å². The van der Waals surface area contributed by atoms with Gasteiger partial charge in [0.25, 0.3) is 0 Å². The molecule has 0 bridgehead atoms. The minimum atomic E-state index is -0.116. The van der Waals surface area contributed by atoms with Gasteiger partial charge < -0.3 is 14.5 Å². The number of methoxy groups -OCH3 is 1. The van der Waals surface area contributed by atoms with E-state index in [-0.39, 0.29) is 17.9 Å². The zero-order valence-corrected chi connectivity index (χ0v) is 14.0. The van der Waals surface area contributed by atoms with E-state index >= 15 is 0 Å². The Morgan fingerprint density at radius 1 is 1.48 bits per heavy atom. The van der Waals surface area contributed by atoms with Gasteiger partial charge in [0, 0.05) is 18.9 Å². The van der Waals surface area contributed by atoms with E-state index in [9.17, 15) is 4.79 Å². The van der Waals surface area contributed by atoms with E-state index in [1.807, 2.05) is 38.1 Å². The van der Waals surface area contributed by atoms with Gasteiger partial charge in [0.2, 0.25) is 5.91 Å². The predicted molar refractivity (Wildman–Crippen MR) is 90.6 cm³/mol. The molecular weight excluding hydrogens is 292 g/mol. The number of carbonyl (C=O) groups excluding carboxylic acids is 1. The summed E-state index contributed by atoms with van der Waals surface area (Å²) in [6.45, 7) is 8.56. The normalized spacial score (nSPS) is 16.7. The highest BCUT2D eigenvalue weighted by Crippen LogP contribution is 2.20. The fourth-order valence-corrected chi connectivity index (χ4v) is 2.50. The van der Waals surface area contributed by atoms with Gasteiger partial charge in [-0.25, -0.2) is 0 Å². The van der Waals surface area contributed by atoms with Crippen LogP contribution in [0.5, 0.6) is 5.75 Å². The first kappa shape index (κ1) is 17.1. The Morgan fingerprint density at radius 2 is 2.17 bits per heavy atom. The van der Waals surface area contributed by atoms with E-state index in [2.05, 4.69) is 11.7 Å². The minimum Gasteiger partial charge on any atom is -0.497 e. The van der Waals surface area contributed by atoms with E-state index in [1.165, 1.54) is 0 Å². The molecule has 0 saturated heterocycles. The first-order chi connectivity index (χ1) is 11.0. The summed E-state index contributed by atoms with van der Waals surface area (Å²) >= 11 is 0. The van der Waals surface area contributed by atoms with Crippen LogP contribution in [0.25, 0.3) is 0 Å². The van der Waals surface area contributed by atoms with Crippen molar-refractivity contribution in [3.8, 4) is 5.75 Å². The maximum absolute atomic E-state index is 12.2. The fraction of sp³-hybridized carbons (Fsp3) is 0.444. The molecule has 5 heteroatoms. The van der Waals surface area contributed by atoms with Gasteiger partial charge >= 0.3 is 0 Å². The van der Waals surface area contributed by atoms with Gasteiger partial charge in [-0.2, -0.15) is 0 Å². The van der Waals surface area contributed by atoms with Crippen molar-refractivity contribution in [1.29, 1.82) is 0 Å². The lowest BCUT2D eigenvalue weighted by molar-refractivity contribution is -0.135. The lowest BCUT2D eigenvalue weighted by Crippen LogP contribution is -2.40. The SMILES string of the molecule is C=CCN(C[C@H]1CC(c2ccc(OC)cc2)=NO1)C(=O)C(C)C. The molecule has 1 amide bonds. The number of amides is 1. The highest BCUT2D eigenvalue weighted by atomic mass is 16.6. The largest absolute Gasteiger partial charge is 0.497 e. The van der Waals surface area contributed by atoms with Crippen molar-refractivity contribution in [3.05, 3.63) is 42.5 Å². The third-order valence-corrected chi connectivity index (χ3v) is 3.74. The molecular formula is C18H24N2O3. The molecule has 1 heterocycles. The number of hydrogen-bond donors (Lipinski definition) is 0. The number of rotatable bonds is 7. The summed E-state index contributed by atoms with van der Waals surface area (Å²) in [7, 11) is 1.64. The van der Waals surface area contributed by atoms with Crippen molar-refractivity contribution in [2.24, 2.45) is 11.1 Å². The molecule has 0 unspecified atom stereocenters. The van der Waals surface area contributed by atoms with Crippen LogP contribution in [-0.2, 0) is 9.63 Å². The van der Waals surface area contributed by atoms with Gasteiger partial charge in [-0.15, -0.1) is 6.58 Å². The number of benzene rings is 1. The molecule has 1 aliphatic heterocycles. The predicted octanol–water partition coefficient (Wildman–Crippen LogP) is 2.86. The summed E-state index contributed by atoms with van der Waals surface area (Å²) in [6.07, 6.45) is 2.31. The van der Waals surface area contributed by atoms with E-state index in [0.29, 0.717) is 19.5 Å². The molecule has 1 aliphatic rings. The van der Waals surface area contributed by atoms with Crippen LogP contribution in [0.4, 0.5) is 0 Å². The molecule has 0 N–H and O–H groups in total. The van der Waals surface area contributed by atoms with Crippen LogP contribution in [0.3, 0.4) is 0 Å². The molecule has 5 nitrogen and oxygen atoms in total. The number of nitrogens with zero attached hydrogens (tertiary/aromatic N) is 2.